The van der Waals surface area contributed by atoms with Crippen LogP contribution in [-0.2, 0) is 9.47 Å². The molecule has 3 unspecified atom stereocenters. The molecule has 0 radical (unpaired) electrons. The van der Waals surface area contributed by atoms with E-state index in [4.69, 9.17) is 14.6 Å². The molecule has 0 spiro atoms. The Hall–Kier alpha value is -0.240. The van der Waals surface area contributed by atoms with E-state index in [0.29, 0.717) is 0 Å². The fourth-order valence-electron chi connectivity index (χ4n) is 1.48. The predicted molar refractivity (Wildman–Crippen MR) is 54.6 cm³/mol. The van der Waals surface area contributed by atoms with E-state index in [9.17, 15) is 15.3 Å². The molecule has 1 aliphatic heterocycles. The van der Waals surface area contributed by atoms with Crippen molar-refractivity contribution in [3.05, 3.63) is 0 Å². The zero-order valence-electron chi connectivity index (χ0n) is 9.48. The number of aliphatic hydroxyl groups excluding tert-OH is 4. The van der Waals surface area contributed by atoms with E-state index in [0.717, 1.165) is 0 Å². The van der Waals surface area contributed by atoms with Crippen molar-refractivity contribution in [1.29, 1.82) is 0 Å². The van der Waals surface area contributed by atoms with Crippen molar-refractivity contribution in [2.24, 2.45) is 0 Å². The summed E-state index contributed by atoms with van der Waals surface area (Å²) in [5, 5.41) is 37.2. The van der Waals surface area contributed by atoms with Crippen molar-refractivity contribution < 1.29 is 29.9 Å². The second-order valence-electron chi connectivity index (χ2n) is 4.21. The van der Waals surface area contributed by atoms with Crippen molar-refractivity contribution in [2.45, 2.75) is 57.1 Å². The van der Waals surface area contributed by atoms with Crippen molar-refractivity contribution in [3.8, 4) is 0 Å². The quantitative estimate of drug-likeness (QED) is 0.479. The Balaban J connectivity index is 2.33. The molecule has 0 aliphatic carbocycles. The summed E-state index contributed by atoms with van der Waals surface area (Å²) in [5.41, 5.74) is 0. The Morgan fingerprint density at radius 1 is 1.38 bits per heavy atom. The van der Waals surface area contributed by atoms with Crippen LogP contribution in [0.1, 0.15) is 20.3 Å². The standard InChI is InChI=1S/C10H20O6/c1-5(11)8(13)4-15-9-3-7(12)10(14)6(2)16-9/h5-14H,3-4H2,1-2H3/t5?,6?,7?,8-,9+,10+/m0/s1. The van der Waals surface area contributed by atoms with Crippen molar-refractivity contribution in [2.75, 3.05) is 6.61 Å². The predicted octanol–water partition coefficient (Wildman–Crippen LogP) is -1.40. The van der Waals surface area contributed by atoms with Crippen LogP contribution in [0.2, 0.25) is 0 Å². The minimum Gasteiger partial charge on any atom is -0.391 e. The maximum Gasteiger partial charge on any atom is 0.160 e. The van der Waals surface area contributed by atoms with E-state index in [-0.39, 0.29) is 13.0 Å². The van der Waals surface area contributed by atoms with Gasteiger partial charge in [0.15, 0.2) is 6.29 Å². The first-order chi connectivity index (χ1) is 7.41. The monoisotopic (exact) mass is 236 g/mol. The molecule has 4 N–H and O–H groups in total. The molecule has 16 heavy (non-hydrogen) atoms. The van der Waals surface area contributed by atoms with Gasteiger partial charge in [0.05, 0.1) is 24.9 Å². The van der Waals surface area contributed by atoms with Gasteiger partial charge < -0.3 is 29.9 Å². The summed E-state index contributed by atoms with van der Waals surface area (Å²) < 4.78 is 10.5. The molecule has 1 saturated heterocycles. The molecule has 0 aromatic heterocycles. The summed E-state index contributed by atoms with van der Waals surface area (Å²) in [6, 6.07) is 0. The van der Waals surface area contributed by atoms with Crippen LogP contribution in [-0.4, -0.2) is 63.8 Å². The lowest BCUT2D eigenvalue weighted by molar-refractivity contribution is -0.253. The Kier molecular flexibility index (Phi) is 5.10. The zero-order valence-corrected chi connectivity index (χ0v) is 9.48. The van der Waals surface area contributed by atoms with Gasteiger partial charge in [-0.2, -0.15) is 0 Å². The van der Waals surface area contributed by atoms with Gasteiger partial charge in [-0.15, -0.1) is 0 Å². The third kappa shape index (κ3) is 3.65. The van der Waals surface area contributed by atoms with Gasteiger partial charge in [0.1, 0.15) is 12.2 Å². The first-order valence-corrected chi connectivity index (χ1v) is 5.41. The molecule has 0 bridgehead atoms. The van der Waals surface area contributed by atoms with E-state index in [2.05, 4.69) is 0 Å². The van der Waals surface area contributed by atoms with E-state index < -0.39 is 36.8 Å². The Morgan fingerprint density at radius 2 is 2.00 bits per heavy atom. The average Bonchev–Trinajstić information content (AvgIpc) is 2.22. The third-order valence-corrected chi connectivity index (χ3v) is 2.69. The van der Waals surface area contributed by atoms with Gasteiger partial charge in [-0.3, -0.25) is 0 Å². The van der Waals surface area contributed by atoms with E-state index in [1.165, 1.54) is 6.92 Å². The lowest BCUT2D eigenvalue weighted by atomic mass is 10.0. The molecule has 1 fully saturated rings. The SMILES string of the molecule is CC1O[C@@H](OC[C@H](O)C(C)O)CC(O)[C@@H]1O. The van der Waals surface area contributed by atoms with Gasteiger partial charge in [-0.25, -0.2) is 0 Å². The second kappa shape index (κ2) is 5.90. The number of ether oxygens (including phenoxy) is 2. The molecule has 1 aliphatic rings. The topological polar surface area (TPSA) is 99.4 Å². The number of aliphatic hydroxyl groups is 4. The highest BCUT2D eigenvalue weighted by Gasteiger charge is 2.34. The van der Waals surface area contributed by atoms with Gasteiger partial charge in [-0.05, 0) is 13.8 Å². The first-order valence-electron chi connectivity index (χ1n) is 5.41. The van der Waals surface area contributed by atoms with Crippen molar-refractivity contribution >= 4 is 0 Å². The number of hydrogen-bond acceptors (Lipinski definition) is 6. The molecule has 0 aromatic rings. The lowest BCUT2D eigenvalue weighted by Crippen LogP contribution is -2.48. The van der Waals surface area contributed by atoms with Crippen LogP contribution < -0.4 is 0 Å². The highest BCUT2D eigenvalue weighted by atomic mass is 16.7. The van der Waals surface area contributed by atoms with Gasteiger partial charge in [0.25, 0.3) is 0 Å². The zero-order chi connectivity index (χ0) is 12.3. The Bertz CT molecular complexity index is 197. The van der Waals surface area contributed by atoms with Gasteiger partial charge in [0.2, 0.25) is 0 Å². The molecule has 0 aromatic carbocycles. The van der Waals surface area contributed by atoms with E-state index in [1.807, 2.05) is 0 Å². The minimum atomic E-state index is -0.983. The van der Waals surface area contributed by atoms with E-state index in [1.54, 1.807) is 6.92 Å². The van der Waals surface area contributed by atoms with Crippen molar-refractivity contribution in [1.82, 2.24) is 0 Å². The summed E-state index contributed by atoms with van der Waals surface area (Å²) in [6.07, 6.45) is -4.70. The van der Waals surface area contributed by atoms with Crippen LogP contribution in [0.15, 0.2) is 0 Å². The highest BCUT2D eigenvalue weighted by Crippen LogP contribution is 2.21. The van der Waals surface area contributed by atoms with Crippen LogP contribution in [0.3, 0.4) is 0 Å². The molecule has 1 heterocycles. The van der Waals surface area contributed by atoms with Crippen LogP contribution in [0.5, 0.6) is 0 Å². The molecular weight excluding hydrogens is 216 g/mol. The highest BCUT2D eigenvalue weighted by molar-refractivity contribution is 4.80. The molecule has 1 rings (SSSR count). The van der Waals surface area contributed by atoms with E-state index >= 15 is 0 Å². The maximum absolute atomic E-state index is 9.47. The summed E-state index contributed by atoms with van der Waals surface area (Å²) in [5.74, 6) is 0. The fraction of sp³-hybridized carbons (Fsp3) is 1.00. The Labute approximate surface area is 94.4 Å². The summed E-state index contributed by atoms with van der Waals surface area (Å²) in [6.45, 7) is 3.02. The lowest BCUT2D eigenvalue weighted by Gasteiger charge is -2.35. The van der Waals surface area contributed by atoms with Crippen LogP contribution in [0.25, 0.3) is 0 Å². The largest absolute Gasteiger partial charge is 0.391 e. The maximum atomic E-state index is 9.47. The van der Waals surface area contributed by atoms with Crippen molar-refractivity contribution in [3.63, 3.8) is 0 Å². The summed E-state index contributed by atoms with van der Waals surface area (Å²) >= 11 is 0. The molecule has 6 nitrogen and oxygen atoms in total. The molecular formula is C10H20O6. The van der Waals surface area contributed by atoms with Crippen LogP contribution in [0.4, 0.5) is 0 Å². The molecule has 0 amide bonds. The van der Waals surface area contributed by atoms with Crippen LogP contribution in [0, 0.1) is 0 Å². The van der Waals surface area contributed by atoms with Gasteiger partial charge in [0, 0.05) is 6.42 Å². The minimum absolute atomic E-state index is 0.0716. The smallest absolute Gasteiger partial charge is 0.160 e. The normalized spacial score (nSPS) is 39.4. The molecule has 6 heteroatoms. The summed E-state index contributed by atoms with van der Waals surface area (Å²) in [4.78, 5) is 0. The second-order valence-corrected chi connectivity index (χ2v) is 4.21. The number of hydrogen-bond donors (Lipinski definition) is 4. The van der Waals surface area contributed by atoms with Gasteiger partial charge in [-0.1, -0.05) is 0 Å². The van der Waals surface area contributed by atoms with Gasteiger partial charge >= 0.3 is 0 Å². The number of rotatable bonds is 4. The third-order valence-electron chi connectivity index (χ3n) is 2.69. The Morgan fingerprint density at radius 3 is 2.50 bits per heavy atom. The fourth-order valence-corrected chi connectivity index (χ4v) is 1.48. The average molecular weight is 236 g/mol. The molecule has 6 atom stereocenters. The molecule has 96 valence electrons. The van der Waals surface area contributed by atoms with Crippen LogP contribution >= 0.6 is 0 Å². The first kappa shape index (κ1) is 13.8. The molecule has 0 saturated carbocycles. The summed E-state index contributed by atoms with van der Waals surface area (Å²) in [7, 11) is 0.